The van der Waals surface area contributed by atoms with Crippen LogP contribution in [0.25, 0.3) is 0 Å². The number of likely N-dealkylation sites (tertiary alicyclic amines) is 1. The van der Waals surface area contributed by atoms with Gasteiger partial charge in [0.25, 0.3) is 0 Å². The zero-order valence-corrected chi connectivity index (χ0v) is 13.6. The van der Waals surface area contributed by atoms with Crippen LogP contribution >= 0.6 is 11.3 Å². The number of carbonyl (C=O) groups excluding carboxylic acids is 1. The number of hydrogen-bond donors (Lipinski definition) is 1. The van der Waals surface area contributed by atoms with Gasteiger partial charge in [0.1, 0.15) is 5.82 Å². The number of carbonyl (C=O) groups is 1. The van der Waals surface area contributed by atoms with Gasteiger partial charge in [0.15, 0.2) is 0 Å². The first-order valence-electron chi connectivity index (χ1n) is 7.74. The van der Waals surface area contributed by atoms with Gasteiger partial charge >= 0.3 is 0 Å². The average Bonchev–Trinajstić information content (AvgIpc) is 2.97. The largest absolute Gasteiger partial charge is 0.393 e. The van der Waals surface area contributed by atoms with Crippen molar-refractivity contribution in [2.45, 2.75) is 31.8 Å². The molecular formula is C17H19FN2O2S. The van der Waals surface area contributed by atoms with E-state index in [1.54, 1.807) is 17.0 Å². The van der Waals surface area contributed by atoms with Gasteiger partial charge in [-0.05, 0) is 30.5 Å². The summed E-state index contributed by atoms with van der Waals surface area (Å²) in [7, 11) is 0. The highest BCUT2D eigenvalue weighted by molar-refractivity contribution is 7.09. The molecule has 122 valence electrons. The molecule has 0 saturated carbocycles. The second kappa shape index (κ2) is 7.19. The molecule has 1 amide bonds. The second-order valence-electron chi connectivity index (χ2n) is 5.82. The molecule has 6 heteroatoms. The fourth-order valence-corrected chi connectivity index (χ4v) is 3.50. The quantitative estimate of drug-likeness (QED) is 0.934. The van der Waals surface area contributed by atoms with Crippen molar-refractivity contribution in [1.29, 1.82) is 0 Å². The summed E-state index contributed by atoms with van der Waals surface area (Å²) in [6.45, 7) is 1.24. The third kappa shape index (κ3) is 4.36. The molecule has 0 radical (unpaired) electrons. The molecule has 1 N–H and O–H groups in total. The van der Waals surface area contributed by atoms with Gasteiger partial charge in [-0.25, -0.2) is 9.37 Å². The molecular weight excluding hydrogens is 315 g/mol. The third-order valence-corrected chi connectivity index (χ3v) is 4.92. The Balaban J connectivity index is 1.56. The van der Waals surface area contributed by atoms with Crippen LogP contribution < -0.4 is 0 Å². The van der Waals surface area contributed by atoms with E-state index < -0.39 is 0 Å². The number of rotatable bonds is 4. The van der Waals surface area contributed by atoms with E-state index in [2.05, 4.69) is 4.98 Å². The van der Waals surface area contributed by atoms with Crippen LogP contribution in [0.3, 0.4) is 0 Å². The Morgan fingerprint density at radius 2 is 2.00 bits per heavy atom. The Morgan fingerprint density at radius 1 is 1.30 bits per heavy atom. The van der Waals surface area contributed by atoms with Crippen LogP contribution in [0, 0.1) is 5.82 Å². The Kier molecular flexibility index (Phi) is 5.03. The normalized spacial score (nSPS) is 15.8. The lowest BCUT2D eigenvalue weighted by Gasteiger charge is -2.29. The van der Waals surface area contributed by atoms with Gasteiger partial charge in [0.05, 0.1) is 23.2 Å². The minimum atomic E-state index is -0.277. The van der Waals surface area contributed by atoms with Crippen LogP contribution in [0.15, 0.2) is 29.6 Å². The molecule has 1 aliphatic heterocycles. The van der Waals surface area contributed by atoms with Crippen LogP contribution in [-0.4, -0.2) is 40.1 Å². The molecule has 1 fully saturated rings. The van der Waals surface area contributed by atoms with Crippen LogP contribution in [-0.2, 0) is 17.6 Å². The number of hydrogen-bond acceptors (Lipinski definition) is 4. The summed E-state index contributed by atoms with van der Waals surface area (Å²) in [6, 6.07) is 6.39. The topological polar surface area (TPSA) is 53.4 Å². The number of halogens is 1. The molecule has 0 atom stereocenters. The van der Waals surface area contributed by atoms with E-state index in [9.17, 15) is 14.3 Å². The first-order valence-corrected chi connectivity index (χ1v) is 8.61. The first-order chi connectivity index (χ1) is 11.1. The van der Waals surface area contributed by atoms with Crippen molar-refractivity contribution in [3.8, 4) is 0 Å². The van der Waals surface area contributed by atoms with Crippen molar-refractivity contribution in [3.63, 3.8) is 0 Å². The highest BCUT2D eigenvalue weighted by Crippen LogP contribution is 2.17. The number of aliphatic hydroxyl groups is 1. The average molecular weight is 334 g/mol. The number of nitrogens with zero attached hydrogens (tertiary/aromatic N) is 2. The minimum Gasteiger partial charge on any atom is -0.393 e. The molecule has 0 aliphatic carbocycles. The molecule has 1 aromatic heterocycles. The number of piperidine rings is 1. The SMILES string of the molecule is O=C(Cc1csc(Cc2ccc(F)cc2)n1)N1CCC(O)CC1. The maximum absolute atomic E-state index is 12.9. The molecule has 2 heterocycles. The Labute approximate surface area is 138 Å². The zero-order valence-electron chi connectivity index (χ0n) is 12.7. The second-order valence-corrected chi connectivity index (χ2v) is 6.77. The lowest BCUT2D eigenvalue weighted by molar-refractivity contribution is -0.132. The van der Waals surface area contributed by atoms with Crippen molar-refractivity contribution >= 4 is 17.2 Å². The van der Waals surface area contributed by atoms with E-state index >= 15 is 0 Å². The molecule has 4 nitrogen and oxygen atoms in total. The monoisotopic (exact) mass is 334 g/mol. The van der Waals surface area contributed by atoms with Crippen LogP contribution in [0.4, 0.5) is 4.39 Å². The van der Waals surface area contributed by atoms with Crippen LogP contribution in [0.5, 0.6) is 0 Å². The Hall–Kier alpha value is -1.79. The highest BCUT2D eigenvalue weighted by atomic mass is 32.1. The summed E-state index contributed by atoms with van der Waals surface area (Å²) in [4.78, 5) is 18.5. The third-order valence-electron chi connectivity index (χ3n) is 4.02. The summed E-state index contributed by atoms with van der Waals surface area (Å²) < 4.78 is 12.9. The van der Waals surface area contributed by atoms with Gasteiger partial charge < -0.3 is 10.0 Å². The summed E-state index contributed by atoms with van der Waals surface area (Å²) >= 11 is 1.52. The predicted molar refractivity (Wildman–Crippen MR) is 86.8 cm³/mol. The van der Waals surface area contributed by atoms with Crippen molar-refractivity contribution < 1.29 is 14.3 Å². The lowest BCUT2D eigenvalue weighted by atomic mass is 10.1. The molecule has 1 aromatic carbocycles. The number of aromatic nitrogens is 1. The van der Waals surface area contributed by atoms with Crippen molar-refractivity contribution in [2.75, 3.05) is 13.1 Å². The van der Waals surface area contributed by atoms with Gasteiger partial charge in [-0.1, -0.05) is 12.1 Å². The van der Waals surface area contributed by atoms with Crippen molar-refractivity contribution in [2.24, 2.45) is 0 Å². The molecule has 0 bridgehead atoms. The van der Waals surface area contributed by atoms with E-state index in [0.29, 0.717) is 38.8 Å². The Morgan fingerprint density at radius 3 is 2.70 bits per heavy atom. The highest BCUT2D eigenvalue weighted by Gasteiger charge is 2.21. The van der Waals surface area contributed by atoms with Gasteiger partial charge in [0, 0.05) is 24.9 Å². The fraction of sp³-hybridized carbons (Fsp3) is 0.412. The van der Waals surface area contributed by atoms with Crippen LogP contribution in [0.2, 0.25) is 0 Å². The predicted octanol–water partition coefficient (Wildman–Crippen LogP) is 2.40. The minimum absolute atomic E-state index is 0.0653. The van der Waals surface area contributed by atoms with E-state index in [0.717, 1.165) is 16.3 Å². The summed E-state index contributed by atoms with van der Waals surface area (Å²) in [5.41, 5.74) is 1.78. The molecule has 2 aromatic rings. The molecule has 1 aliphatic rings. The standard InChI is InChI=1S/C17H19FN2O2S/c18-13-3-1-12(2-4-13)9-16-19-14(11-23-16)10-17(22)20-7-5-15(21)6-8-20/h1-4,11,15,21H,5-10H2. The maximum Gasteiger partial charge on any atom is 0.228 e. The van der Waals surface area contributed by atoms with Crippen molar-refractivity contribution in [1.82, 2.24) is 9.88 Å². The van der Waals surface area contributed by atoms with E-state index in [1.807, 2.05) is 5.38 Å². The molecule has 3 rings (SSSR count). The smallest absolute Gasteiger partial charge is 0.228 e. The van der Waals surface area contributed by atoms with E-state index in [1.165, 1.54) is 23.5 Å². The summed E-state index contributed by atoms with van der Waals surface area (Å²) in [5, 5.41) is 12.3. The number of aliphatic hydroxyl groups excluding tert-OH is 1. The number of benzene rings is 1. The van der Waals surface area contributed by atoms with Gasteiger partial charge in [-0.2, -0.15) is 0 Å². The molecule has 0 unspecified atom stereocenters. The summed E-state index contributed by atoms with van der Waals surface area (Å²) in [6.07, 6.45) is 1.98. The zero-order chi connectivity index (χ0) is 16.2. The molecule has 23 heavy (non-hydrogen) atoms. The van der Waals surface area contributed by atoms with Gasteiger partial charge in [0.2, 0.25) is 5.91 Å². The first kappa shape index (κ1) is 16.1. The number of thiazole rings is 1. The van der Waals surface area contributed by atoms with Crippen LogP contribution in [0.1, 0.15) is 29.1 Å². The Bertz CT molecular complexity index is 663. The molecule has 0 spiro atoms. The van der Waals surface area contributed by atoms with Crippen molar-refractivity contribution in [3.05, 3.63) is 51.7 Å². The lowest BCUT2D eigenvalue weighted by Crippen LogP contribution is -2.40. The summed E-state index contributed by atoms with van der Waals surface area (Å²) in [5.74, 6) is -0.179. The molecule has 1 saturated heterocycles. The fourth-order valence-electron chi connectivity index (χ4n) is 2.67. The van der Waals surface area contributed by atoms with E-state index in [-0.39, 0.29) is 17.8 Å². The number of amides is 1. The van der Waals surface area contributed by atoms with Gasteiger partial charge in [-0.3, -0.25) is 4.79 Å². The van der Waals surface area contributed by atoms with Gasteiger partial charge in [-0.15, -0.1) is 11.3 Å². The maximum atomic E-state index is 12.9. The van der Waals surface area contributed by atoms with E-state index in [4.69, 9.17) is 0 Å².